The van der Waals surface area contributed by atoms with Gasteiger partial charge in [0.2, 0.25) is 0 Å². The Morgan fingerprint density at radius 1 is 1.48 bits per heavy atom. The fourth-order valence-corrected chi connectivity index (χ4v) is 4.06. The van der Waals surface area contributed by atoms with Crippen molar-refractivity contribution in [2.24, 2.45) is 11.3 Å². The summed E-state index contributed by atoms with van der Waals surface area (Å²) in [6.45, 7) is 9.44. The first-order chi connectivity index (χ1) is 9.79. The van der Waals surface area contributed by atoms with Gasteiger partial charge in [-0.1, -0.05) is 19.4 Å². The Hall–Kier alpha value is -0.870. The van der Waals surface area contributed by atoms with E-state index in [0.29, 0.717) is 12.5 Å². The SMILES string of the molecule is CCOC(=O)/C=C(\C)CC(C)(C)[C@@H]1CC[C@@H](O)CC12CO2. The number of rotatable bonds is 5. The molecule has 3 atom stereocenters. The summed E-state index contributed by atoms with van der Waals surface area (Å²) in [7, 11) is 0. The van der Waals surface area contributed by atoms with Crippen LogP contribution in [0.15, 0.2) is 11.6 Å². The van der Waals surface area contributed by atoms with E-state index in [4.69, 9.17) is 9.47 Å². The largest absolute Gasteiger partial charge is 0.463 e. The molecule has 4 nitrogen and oxygen atoms in total. The summed E-state index contributed by atoms with van der Waals surface area (Å²) in [5.41, 5.74) is 0.968. The van der Waals surface area contributed by atoms with E-state index in [-0.39, 0.29) is 23.1 Å². The third kappa shape index (κ3) is 3.86. The highest BCUT2D eigenvalue weighted by Crippen LogP contribution is 2.54. The highest BCUT2D eigenvalue weighted by atomic mass is 16.6. The minimum atomic E-state index is -0.262. The number of hydrogen-bond acceptors (Lipinski definition) is 4. The lowest BCUT2D eigenvalue weighted by atomic mass is 9.62. The molecule has 1 spiro atoms. The summed E-state index contributed by atoms with van der Waals surface area (Å²) in [4.78, 5) is 11.5. The number of esters is 1. The average molecular weight is 296 g/mol. The molecule has 0 bridgehead atoms. The van der Waals surface area contributed by atoms with Crippen LogP contribution < -0.4 is 0 Å². The number of hydrogen-bond donors (Lipinski definition) is 1. The van der Waals surface area contributed by atoms with Crippen molar-refractivity contribution in [2.45, 2.75) is 65.1 Å². The normalized spacial score (nSPS) is 33.1. The zero-order chi connectivity index (χ0) is 15.7. The van der Waals surface area contributed by atoms with Gasteiger partial charge < -0.3 is 14.6 Å². The Balaban J connectivity index is 2.02. The number of epoxide rings is 1. The highest BCUT2D eigenvalue weighted by molar-refractivity contribution is 5.82. The average Bonchev–Trinajstić information content (AvgIpc) is 3.07. The fraction of sp³-hybridized carbons (Fsp3) is 0.824. The van der Waals surface area contributed by atoms with E-state index in [1.165, 1.54) is 0 Å². The second kappa shape index (κ2) is 6.09. The molecule has 4 heteroatoms. The molecule has 1 N–H and O–H groups in total. The van der Waals surface area contributed by atoms with Gasteiger partial charge in [-0.25, -0.2) is 4.79 Å². The van der Waals surface area contributed by atoms with Crippen molar-refractivity contribution in [3.63, 3.8) is 0 Å². The first kappa shape index (κ1) is 16.5. The minimum Gasteiger partial charge on any atom is -0.463 e. The van der Waals surface area contributed by atoms with Crippen molar-refractivity contribution in [3.8, 4) is 0 Å². The third-order valence-electron chi connectivity index (χ3n) is 4.85. The maximum absolute atomic E-state index is 11.5. The Bertz CT molecular complexity index is 421. The van der Waals surface area contributed by atoms with Crippen LogP contribution in [0, 0.1) is 11.3 Å². The summed E-state index contributed by atoms with van der Waals surface area (Å²) < 4.78 is 10.7. The third-order valence-corrected chi connectivity index (χ3v) is 4.85. The Kier molecular flexibility index (Phi) is 4.79. The van der Waals surface area contributed by atoms with E-state index in [1.807, 2.05) is 13.8 Å². The van der Waals surface area contributed by atoms with Crippen LogP contribution >= 0.6 is 0 Å². The molecule has 0 radical (unpaired) electrons. The van der Waals surface area contributed by atoms with Gasteiger partial charge in [0.1, 0.15) is 0 Å². The van der Waals surface area contributed by atoms with Gasteiger partial charge in [-0.3, -0.25) is 0 Å². The second-order valence-corrected chi connectivity index (χ2v) is 7.25. The molecule has 120 valence electrons. The highest BCUT2D eigenvalue weighted by Gasteiger charge is 2.58. The smallest absolute Gasteiger partial charge is 0.330 e. The lowest BCUT2D eigenvalue weighted by Gasteiger charge is -2.42. The van der Waals surface area contributed by atoms with Gasteiger partial charge in [0.25, 0.3) is 0 Å². The number of aliphatic hydroxyl groups is 1. The van der Waals surface area contributed by atoms with Crippen molar-refractivity contribution in [1.82, 2.24) is 0 Å². The molecule has 1 heterocycles. The summed E-state index contributed by atoms with van der Waals surface area (Å²) in [5, 5.41) is 9.88. The number of aliphatic hydroxyl groups excluding tert-OH is 1. The quantitative estimate of drug-likeness (QED) is 0.481. The lowest BCUT2D eigenvalue weighted by Crippen LogP contribution is -2.43. The van der Waals surface area contributed by atoms with E-state index in [2.05, 4.69) is 13.8 Å². The molecule has 2 aliphatic rings. The number of carbonyl (C=O) groups excluding carboxylic acids is 1. The Labute approximate surface area is 127 Å². The molecule has 1 saturated carbocycles. The van der Waals surface area contributed by atoms with Gasteiger partial charge in [-0.05, 0) is 44.4 Å². The maximum atomic E-state index is 11.5. The standard InChI is InChI=1S/C17H28O4/c1-5-20-15(19)8-12(2)9-16(3,4)14-7-6-13(18)10-17(14)11-21-17/h8,13-14,18H,5-7,9-11H2,1-4H3/b12-8+/t13-,14+,17?/m1/s1. The molecule has 1 unspecified atom stereocenters. The molecule has 0 amide bonds. The number of ether oxygens (including phenoxy) is 2. The first-order valence-electron chi connectivity index (χ1n) is 7.95. The van der Waals surface area contributed by atoms with Gasteiger partial charge in [-0.15, -0.1) is 0 Å². The van der Waals surface area contributed by atoms with E-state index < -0.39 is 0 Å². The molecule has 1 aliphatic carbocycles. The number of allylic oxidation sites excluding steroid dienone is 1. The van der Waals surface area contributed by atoms with Gasteiger partial charge in [0.05, 0.1) is 24.9 Å². The molecule has 0 aromatic carbocycles. The zero-order valence-corrected chi connectivity index (χ0v) is 13.6. The molecule has 0 aromatic heterocycles. The van der Waals surface area contributed by atoms with Gasteiger partial charge >= 0.3 is 5.97 Å². The molecule has 1 saturated heterocycles. The van der Waals surface area contributed by atoms with E-state index >= 15 is 0 Å². The lowest BCUT2D eigenvalue weighted by molar-refractivity contribution is -0.137. The van der Waals surface area contributed by atoms with E-state index in [9.17, 15) is 9.90 Å². The molecule has 2 rings (SSSR count). The molecule has 2 fully saturated rings. The minimum absolute atomic E-state index is 0.0454. The van der Waals surface area contributed by atoms with E-state index in [0.717, 1.165) is 37.9 Å². The monoisotopic (exact) mass is 296 g/mol. The molecular formula is C17H28O4. The van der Waals surface area contributed by atoms with Crippen LogP contribution in [0.3, 0.4) is 0 Å². The van der Waals surface area contributed by atoms with Crippen molar-refractivity contribution in [1.29, 1.82) is 0 Å². The fourth-order valence-electron chi connectivity index (χ4n) is 4.06. The predicted octanol–water partition coefficient (Wildman–Crippen LogP) is 2.84. The van der Waals surface area contributed by atoms with Gasteiger partial charge in [0.15, 0.2) is 0 Å². The van der Waals surface area contributed by atoms with Gasteiger partial charge in [0, 0.05) is 12.5 Å². The van der Waals surface area contributed by atoms with Crippen LogP contribution in [0.25, 0.3) is 0 Å². The molecule has 1 aliphatic heterocycles. The summed E-state index contributed by atoms with van der Waals surface area (Å²) in [6.07, 6.45) is 4.81. The Morgan fingerprint density at radius 2 is 2.14 bits per heavy atom. The number of carbonyl (C=O) groups is 1. The van der Waals surface area contributed by atoms with Crippen LogP contribution in [0.4, 0.5) is 0 Å². The predicted molar refractivity (Wildman–Crippen MR) is 80.8 cm³/mol. The molecule has 21 heavy (non-hydrogen) atoms. The molecular weight excluding hydrogens is 268 g/mol. The summed E-state index contributed by atoms with van der Waals surface area (Å²) in [5.74, 6) is 0.168. The van der Waals surface area contributed by atoms with Crippen molar-refractivity contribution in [2.75, 3.05) is 13.2 Å². The van der Waals surface area contributed by atoms with Crippen molar-refractivity contribution in [3.05, 3.63) is 11.6 Å². The van der Waals surface area contributed by atoms with Crippen molar-refractivity contribution < 1.29 is 19.4 Å². The van der Waals surface area contributed by atoms with Crippen LogP contribution in [0.2, 0.25) is 0 Å². The van der Waals surface area contributed by atoms with Crippen LogP contribution in [-0.2, 0) is 14.3 Å². The van der Waals surface area contributed by atoms with Gasteiger partial charge in [-0.2, -0.15) is 0 Å². The first-order valence-corrected chi connectivity index (χ1v) is 7.95. The second-order valence-electron chi connectivity index (χ2n) is 7.25. The molecule has 0 aromatic rings. The van der Waals surface area contributed by atoms with Crippen LogP contribution in [0.1, 0.15) is 53.4 Å². The summed E-state index contributed by atoms with van der Waals surface area (Å²) >= 11 is 0. The van der Waals surface area contributed by atoms with Crippen LogP contribution in [-0.4, -0.2) is 36.0 Å². The van der Waals surface area contributed by atoms with Crippen LogP contribution in [0.5, 0.6) is 0 Å². The van der Waals surface area contributed by atoms with Crippen molar-refractivity contribution >= 4 is 5.97 Å². The zero-order valence-electron chi connectivity index (χ0n) is 13.6. The summed E-state index contributed by atoms with van der Waals surface area (Å²) in [6, 6.07) is 0. The van der Waals surface area contributed by atoms with E-state index in [1.54, 1.807) is 6.08 Å². The maximum Gasteiger partial charge on any atom is 0.330 e. The Morgan fingerprint density at radius 3 is 2.71 bits per heavy atom. The topological polar surface area (TPSA) is 59.1 Å².